The lowest BCUT2D eigenvalue weighted by molar-refractivity contribution is -0.144. The Labute approximate surface area is 106 Å². The molecular weight excluding hydrogens is 249 g/mol. The topological polar surface area (TPSA) is 49.3 Å². The molecule has 2 N–H and O–H groups in total. The number of aliphatic carboxylic acids is 1. The first-order valence-electron chi connectivity index (χ1n) is 5.53. The van der Waals surface area contributed by atoms with Crippen molar-refractivity contribution in [2.24, 2.45) is 11.8 Å². The van der Waals surface area contributed by atoms with Gasteiger partial charge >= 0.3 is 5.97 Å². The third-order valence-corrected chi connectivity index (χ3v) is 3.66. The monoisotopic (exact) mass is 265 g/mol. The fourth-order valence-electron chi connectivity index (χ4n) is 2.19. The number of hydrogen-bond donors (Lipinski definition) is 2. The van der Waals surface area contributed by atoms with Gasteiger partial charge in [-0.25, -0.2) is 0 Å². The molecule has 3 nitrogen and oxygen atoms in total. The van der Waals surface area contributed by atoms with E-state index in [-0.39, 0.29) is 11.8 Å². The van der Waals surface area contributed by atoms with Gasteiger partial charge in [-0.05, 0) is 25.3 Å². The van der Waals surface area contributed by atoms with E-state index in [2.05, 4.69) is 5.32 Å². The van der Waals surface area contributed by atoms with Crippen molar-refractivity contribution in [3.63, 3.8) is 0 Å². The third kappa shape index (κ3) is 4.32. The molecule has 2 atom stereocenters. The van der Waals surface area contributed by atoms with Crippen LogP contribution in [0.25, 0.3) is 0 Å². The van der Waals surface area contributed by atoms with Crippen LogP contribution in [0.1, 0.15) is 25.7 Å². The molecule has 2 unspecified atom stereocenters. The van der Waals surface area contributed by atoms with Gasteiger partial charge in [-0.1, -0.05) is 36.0 Å². The average molecular weight is 266 g/mol. The summed E-state index contributed by atoms with van der Waals surface area (Å²) in [5, 5.41) is 12.8. The molecular formula is C11H17Cl2NO2. The van der Waals surface area contributed by atoms with E-state index in [0.717, 1.165) is 25.7 Å². The van der Waals surface area contributed by atoms with E-state index in [1.54, 1.807) is 0 Å². The summed E-state index contributed by atoms with van der Waals surface area (Å²) in [6.45, 7) is 1.20. The molecule has 0 aromatic rings. The fraction of sp³-hybridized carbons (Fsp3) is 0.727. The van der Waals surface area contributed by atoms with E-state index in [0.29, 0.717) is 18.1 Å². The van der Waals surface area contributed by atoms with E-state index in [1.807, 2.05) is 0 Å². The summed E-state index contributed by atoms with van der Waals surface area (Å²) in [6.07, 6.45) is 3.91. The molecule has 5 heteroatoms. The molecule has 0 saturated heterocycles. The van der Waals surface area contributed by atoms with Gasteiger partial charge in [0.05, 0.1) is 5.92 Å². The SMILES string of the molecule is O=C(O)C1CCCCC1CNCC(Cl)=CCl. The van der Waals surface area contributed by atoms with Crippen molar-refractivity contribution in [1.29, 1.82) is 0 Å². The van der Waals surface area contributed by atoms with Crippen LogP contribution >= 0.6 is 23.2 Å². The number of rotatable bonds is 5. The average Bonchev–Trinajstić information content (AvgIpc) is 2.29. The van der Waals surface area contributed by atoms with Gasteiger partial charge in [0.25, 0.3) is 0 Å². The maximum Gasteiger partial charge on any atom is 0.306 e. The molecule has 0 heterocycles. The first-order chi connectivity index (χ1) is 7.65. The largest absolute Gasteiger partial charge is 0.481 e. The van der Waals surface area contributed by atoms with Crippen molar-refractivity contribution in [1.82, 2.24) is 5.32 Å². The second-order valence-corrected chi connectivity index (χ2v) is 4.88. The highest BCUT2D eigenvalue weighted by Gasteiger charge is 2.30. The molecule has 1 aliphatic rings. The second-order valence-electron chi connectivity index (χ2n) is 4.18. The summed E-state index contributed by atoms with van der Waals surface area (Å²) < 4.78 is 0. The van der Waals surface area contributed by atoms with Crippen molar-refractivity contribution in [2.45, 2.75) is 25.7 Å². The maximum absolute atomic E-state index is 11.0. The van der Waals surface area contributed by atoms with Gasteiger partial charge in [0, 0.05) is 17.1 Å². The minimum Gasteiger partial charge on any atom is -0.481 e. The molecule has 0 bridgehead atoms. The van der Waals surface area contributed by atoms with Crippen molar-refractivity contribution in [2.75, 3.05) is 13.1 Å². The number of carbonyl (C=O) groups is 1. The lowest BCUT2D eigenvalue weighted by atomic mass is 9.79. The van der Waals surface area contributed by atoms with Crippen molar-refractivity contribution < 1.29 is 9.90 Å². The molecule has 1 rings (SSSR count). The van der Waals surface area contributed by atoms with Crippen LogP contribution in [0.15, 0.2) is 10.6 Å². The summed E-state index contributed by atoms with van der Waals surface area (Å²) in [5.41, 5.74) is 1.32. The quantitative estimate of drug-likeness (QED) is 0.804. The highest BCUT2D eigenvalue weighted by molar-refractivity contribution is 6.36. The molecule has 16 heavy (non-hydrogen) atoms. The zero-order valence-corrected chi connectivity index (χ0v) is 10.6. The van der Waals surface area contributed by atoms with Crippen LogP contribution in [-0.4, -0.2) is 24.2 Å². The van der Waals surface area contributed by atoms with Gasteiger partial charge < -0.3 is 10.4 Å². The molecule has 0 radical (unpaired) electrons. The van der Waals surface area contributed by atoms with Crippen molar-refractivity contribution in [3.05, 3.63) is 10.6 Å². The molecule has 1 saturated carbocycles. The number of halogens is 2. The summed E-state index contributed by atoms with van der Waals surface area (Å²) >= 11 is 11.2. The fourth-order valence-corrected chi connectivity index (χ4v) is 2.36. The van der Waals surface area contributed by atoms with Gasteiger partial charge in [-0.2, -0.15) is 0 Å². The Bertz CT molecular complexity index is 269. The Morgan fingerprint density at radius 2 is 2.12 bits per heavy atom. The minimum atomic E-state index is -0.675. The number of carboxylic acid groups (broad SMARTS) is 1. The minimum absolute atomic E-state index is 0.208. The molecule has 1 aliphatic carbocycles. The standard InChI is InChI=1S/C11H17Cl2NO2/c12-5-9(13)7-14-6-8-3-1-2-4-10(8)11(15)16/h5,8,10,14H,1-4,6-7H2,(H,15,16). The van der Waals surface area contributed by atoms with Crippen LogP contribution in [0.4, 0.5) is 0 Å². The summed E-state index contributed by atoms with van der Waals surface area (Å²) in [6, 6.07) is 0. The van der Waals surface area contributed by atoms with E-state index in [1.165, 1.54) is 5.54 Å². The Kier molecular flexibility index (Phi) is 6.17. The molecule has 0 aromatic carbocycles. The lowest BCUT2D eigenvalue weighted by Gasteiger charge is -2.28. The van der Waals surface area contributed by atoms with Gasteiger partial charge in [-0.15, -0.1) is 0 Å². The first-order valence-corrected chi connectivity index (χ1v) is 6.35. The van der Waals surface area contributed by atoms with E-state index in [4.69, 9.17) is 28.3 Å². The highest BCUT2D eigenvalue weighted by atomic mass is 35.5. The van der Waals surface area contributed by atoms with Crippen LogP contribution in [0.5, 0.6) is 0 Å². The number of hydrogen-bond acceptors (Lipinski definition) is 2. The van der Waals surface area contributed by atoms with Crippen LogP contribution in [0.2, 0.25) is 0 Å². The molecule has 0 amide bonds. The van der Waals surface area contributed by atoms with Gasteiger partial charge in [0.1, 0.15) is 0 Å². The first kappa shape index (κ1) is 13.8. The van der Waals surface area contributed by atoms with Crippen LogP contribution in [0.3, 0.4) is 0 Å². The van der Waals surface area contributed by atoms with Crippen LogP contribution in [0, 0.1) is 11.8 Å². The highest BCUT2D eigenvalue weighted by Crippen LogP contribution is 2.29. The van der Waals surface area contributed by atoms with Crippen LogP contribution < -0.4 is 5.32 Å². The molecule has 1 fully saturated rings. The van der Waals surface area contributed by atoms with Gasteiger partial charge in [-0.3, -0.25) is 4.79 Å². The molecule has 0 aromatic heterocycles. The van der Waals surface area contributed by atoms with Crippen molar-refractivity contribution >= 4 is 29.2 Å². The Balaban J connectivity index is 2.35. The maximum atomic E-state index is 11.0. The van der Waals surface area contributed by atoms with E-state index >= 15 is 0 Å². The summed E-state index contributed by atoms with van der Waals surface area (Å²) in [4.78, 5) is 11.0. The Morgan fingerprint density at radius 1 is 1.44 bits per heavy atom. The second kappa shape index (κ2) is 7.15. The third-order valence-electron chi connectivity index (χ3n) is 3.05. The smallest absolute Gasteiger partial charge is 0.306 e. The Hall–Kier alpha value is -0.250. The van der Waals surface area contributed by atoms with E-state index < -0.39 is 5.97 Å². The molecule has 0 spiro atoms. The lowest BCUT2D eigenvalue weighted by Crippen LogP contribution is -2.35. The molecule has 92 valence electrons. The Morgan fingerprint density at radius 3 is 2.75 bits per heavy atom. The van der Waals surface area contributed by atoms with Gasteiger partial charge in [0.15, 0.2) is 0 Å². The summed E-state index contributed by atoms with van der Waals surface area (Å²) in [7, 11) is 0. The zero-order valence-electron chi connectivity index (χ0n) is 9.09. The molecule has 0 aliphatic heterocycles. The predicted molar refractivity (Wildman–Crippen MR) is 65.7 cm³/mol. The normalized spacial score (nSPS) is 26.8. The van der Waals surface area contributed by atoms with Gasteiger partial charge in [0.2, 0.25) is 0 Å². The number of nitrogens with one attached hydrogen (secondary N) is 1. The zero-order chi connectivity index (χ0) is 12.0. The summed E-state index contributed by atoms with van der Waals surface area (Å²) in [5.74, 6) is -0.670. The predicted octanol–water partition coefficient (Wildman–Crippen LogP) is 2.79. The number of carboxylic acids is 1. The van der Waals surface area contributed by atoms with E-state index in [9.17, 15) is 4.79 Å². The van der Waals surface area contributed by atoms with Crippen molar-refractivity contribution in [3.8, 4) is 0 Å². The van der Waals surface area contributed by atoms with Crippen LogP contribution in [-0.2, 0) is 4.79 Å².